The molecule has 0 spiro atoms. The first-order chi connectivity index (χ1) is 7.93. The number of hydrogen-bond donors (Lipinski definition) is 1. The summed E-state index contributed by atoms with van der Waals surface area (Å²) in [6.45, 7) is 6.08. The third kappa shape index (κ3) is 2.23. The molecule has 1 aromatic rings. The molecule has 1 aromatic carbocycles. The van der Waals surface area contributed by atoms with Gasteiger partial charge in [0.15, 0.2) is 0 Å². The van der Waals surface area contributed by atoms with E-state index in [0.29, 0.717) is 17.9 Å². The second-order valence-corrected chi connectivity index (χ2v) is 5.70. The van der Waals surface area contributed by atoms with Gasteiger partial charge in [0, 0.05) is 5.56 Å². The van der Waals surface area contributed by atoms with Crippen LogP contribution >= 0.6 is 0 Å². The molecule has 2 rings (SSSR count). The number of rotatable bonds is 1. The fraction of sp³-hybridized carbons (Fsp3) is 0.600. The molecule has 0 aliphatic heterocycles. The highest BCUT2D eigenvalue weighted by Crippen LogP contribution is 2.44. The molecule has 0 heterocycles. The lowest BCUT2D eigenvalue weighted by Crippen LogP contribution is -2.39. The van der Waals surface area contributed by atoms with Crippen LogP contribution in [-0.2, 0) is 5.60 Å². The van der Waals surface area contributed by atoms with Crippen LogP contribution in [0.2, 0.25) is 0 Å². The average Bonchev–Trinajstić information content (AvgIpc) is 2.27. The predicted octanol–water partition coefficient (Wildman–Crippen LogP) is 3.78. The van der Waals surface area contributed by atoms with Crippen molar-refractivity contribution < 1.29 is 9.50 Å². The molecule has 1 fully saturated rings. The quantitative estimate of drug-likeness (QED) is 0.786. The van der Waals surface area contributed by atoms with E-state index in [1.807, 2.05) is 13.8 Å². The number of halogens is 1. The first-order valence-corrected chi connectivity index (χ1v) is 6.42. The molecule has 17 heavy (non-hydrogen) atoms. The Morgan fingerprint density at radius 3 is 2.71 bits per heavy atom. The number of aryl methyl sites for hydroxylation is 1. The maximum Gasteiger partial charge on any atom is 0.129 e. The van der Waals surface area contributed by atoms with Gasteiger partial charge in [-0.05, 0) is 37.7 Å². The second kappa shape index (κ2) is 4.41. The van der Waals surface area contributed by atoms with Gasteiger partial charge in [-0.1, -0.05) is 38.0 Å². The molecule has 0 aromatic heterocycles. The molecule has 94 valence electrons. The zero-order valence-corrected chi connectivity index (χ0v) is 10.8. The summed E-state index contributed by atoms with van der Waals surface area (Å²) in [6.07, 6.45) is 2.75. The van der Waals surface area contributed by atoms with Gasteiger partial charge in [-0.3, -0.25) is 0 Å². The highest BCUT2D eigenvalue weighted by atomic mass is 19.1. The number of aliphatic hydroxyl groups is 1. The van der Waals surface area contributed by atoms with Crippen molar-refractivity contribution in [3.63, 3.8) is 0 Å². The summed E-state index contributed by atoms with van der Waals surface area (Å²) in [7, 11) is 0. The van der Waals surface area contributed by atoms with Crippen LogP contribution in [-0.4, -0.2) is 5.11 Å². The lowest BCUT2D eigenvalue weighted by Gasteiger charge is -2.41. The molecule has 1 aliphatic rings. The summed E-state index contributed by atoms with van der Waals surface area (Å²) in [5, 5.41) is 10.8. The maximum absolute atomic E-state index is 13.9. The molecule has 0 radical (unpaired) electrons. The largest absolute Gasteiger partial charge is 0.385 e. The van der Waals surface area contributed by atoms with Crippen molar-refractivity contribution >= 4 is 0 Å². The van der Waals surface area contributed by atoms with Crippen molar-refractivity contribution in [1.29, 1.82) is 0 Å². The summed E-state index contributed by atoms with van der Waals surface area (Å²) in [6, 6.07) is 5.01. The molecule has 1 nitrogen and oxygen atoms in total. The fourth-order valence-electron chi connectivity index (χ4n) is 2.95. The van der Waals surface area contributed by atoms with E-state index >= 15 is 0 Å². The van der Waals surface area contributed by atoms with Crippen LogP contribution in [0.4, 0.5) is 4.39 Å². The lowest BCUT2D eigenvalue weighted by molar-refractivity contribution is -0.0652. The molecule has 1 saturated carbocycles. The summed E-state index contributed by atoms with van der Waals surface area (Å²) < 4.78 is 13.9. The number of benzene rings is 1. The predicted molar refractivity (Wildman–Crippen MR) is 67.2 cm³/mol. The van der Waals surface area contributed by atoms with Crippen molar-refractivity contribution in [3.8, 4) is 0 Å². The molecule has 1 aliphatic carbocycles. The van der Waals surface area contributed by atoms with Gasteiger partial charge in [-0.25, -0.2) is 4.39 Å². The molecule has 3 atom stereocenters. The Morgan fingerprint density at radius 2 is 2.00 bits per heavy atom. The SMILES string of the molecule is Cc1ccc(F)c(C2(O)CC(C)CCC2C)c1. The van der Waals surface area contributed by atoms with Gasteiger partial charge in [-0.15, -0.1) is 0 Å². The maximum atomic E-state index is 13.9. The zero-order valence-electron chi connectivity index (χ0n) is 10.8. The summed E-state index contributed by atoms with van der Waals surface area (Å²) >= 11 is 0. The standard InChI is InChI=1S/C15H21FO/c1-10-5-7-14(16)13(8-10)15(17)9-11(2)4-6-12(15)3/h5,7-8,11-12,17H,4,6,9H2,1-3H3. The Labute approximate surface area is 103 Å². The Hall–Kier alpha value is -0.890. The zero-order chi connectivity index (χ0) is 12.6. The second-order valence-electron chi connectivity index (χ2n) is 5.70. The Bertz CT molecular complexity index is 415. The molecule has 0 bridgehead atoms. The molecule has 0 saturated heterocycles. The molecular weight excluding hydrogens is 215 g/mol. The van der Waals surface area contributed by atoms with Crippen molar-refractivity contribution in [2.45, 2.75) is 45.6 Å². The van der Waals surface area contributed by atoms with Crippen LogP contribution in [0.3, 0.4) is 0 Å². The Balaban J connectivity index is 2.45. The van der Waals surface area contributed by atoms with Gasteiger partial charge in [0.25, 0.3) is 0 Å². The lowest BCUT2D eigenvalue weighted by atomic mass is 9.68. The highest BCUT2D eigenvalue weighted by Gasteiger charge is 2.41. The van der Waals surface area contributed by atoms with E-state index in [4.69, 9.17) is 0 Å². The molecule has 3 unspecified atom stereocenters. The van der Waals surface area contributed by atoms with Crippen molar-refractivity contribution in [2.75, 3.05) is 0 Å². The molecule has 1 N–H and O–H groups in total. The summed E-state index contributed by atoms with van der Waals surface area (Å²) in [5.74, 6) is 0.296. The molecule has 0 amide bonds. The Morgan fingerprint density at radius 1 is 1.29 bits per heavy atom. The minimum atomic E-state index is -0.992. The van der Waals surface area contributed by atoms with Crippen LogP contribution in [0.1, 0.15) is 44.2 Å². The van der Waals surface area contributed by atoms with Gasteiger partial charge in [0.05, 0.1) is 5.60 Å². The normalized spacial score (nSPS) is 33.7. The first kappa shape index (κ1) is 12.6. The van der Waals surface area contributed by atoms with Crippen molar-refractivity contribution in [2.24, 2.45) is 11.8 Å². The molecule has 2 heteroatoms. The van der Waals surface area contributed by atoms with Gasteiger partial charge >= 0.3 is 0 Å². The van der Waals surface area contributed by atoms with E-state index in [0.717, 1.165) is 18.4 Å². The topological polar surface area (TPSA) is 20.2 Å². The monoisotopic (exact) mass is 236 g/mol. The van der Waals surface area contributed by atoms with E-state index in [1.54, 1.807) is 12.1 Å². The van der Waals surface area contributed by atoms with E-state index in [1.165, 1.54) is 6.07 Å². The highest BCUT2D eigenvalue weighted by molar-refractivity contribution is 5.30. The van der Waals surface area contributed by atoms with E-state index in [9.17, 15) is 9.50 Å². The third-order valence-electron chi connectivity index (χ3n) is 4.16. The van der Waals surface area contributed by atoms with Crippen molar-refractivity contribution in [1.82, 2.24) is 0 Å². The van der Waals surface area contributed by atoms with Crippen LogP contribution in [0.15, 0.2) is 18.2 Å². The van der Waals surface area contributed by atoms with E-state index in [2.05, 4.69) is 6.92 Å². The van der Waals surface area contributed by atoms with E-state index < -0.39 is 5.60 Å². The summed E-state index contributed by atoms with van der Waals surface area (Å²) in [5.41, 5.74) is 0.491. The van der Waals surface area contributed by atoms with Crippen LogP contribution < -0.4 is 0 Å². The van der Waals surface area contributed by atoms with Crippen LogP contribution in [0.5, 0.6) is 0 Å². The summed E-state index contributed by atoms with van der Waals surface area (Å²) in [4.78, 5) is 0. The van der Waals surface area contributed by atoms with Gasteiger partial charge in [0.2, 0.25) is 0 Å². The smallest absolute Gasteiger partial charge is 0.129 e. The van der Waals surface area contributed by atoms with E-state index in [-0.39, 0.29) is 11.7 Å². The fourth-order valence-corrected chi connectivity index (χ4v) is 2.95. The van der Waals surface area contributed by atoms with Gasteiger partial charge in [0.1, 0.15) is 5.82 Å². The minimum Gasteiger partial charge on any atom is -0.385 e. The van der Waals surface area contributed by atoms with Crippen molar-refractivity contribution in [3.05, 3.63) is 35.1 Å². The van der Waals surface area contributed by atoms with Gasteiger partial charge in [-0.2, -0.15) is 0 Å². The third-order valence-corrected chi connectivity index (χ3v) is 4.16. The Kier molecular flexibility index (Phi) is 3.26. The average molecular weight is 236 g/mol. The minimum absolute atomic E-state index is 0.120. The van der Waals surface area contributed by atoms with Crippen LogP contribution in [0, 0.1) is 24.6 Å². The van der Waals surface area contributed by atoms with Crippen LogP contribution in [0.25, 0.3) is 0 Å². The number of hydrogen-bond acceptors (Lipinski definition) is 1. The van der Waals surface area contributed by atoms with Gasteiger partial charge < -0.3 is 5.11 Å². The molecular formula is C15H21FO. The first-order valence-electron chi connectivity index (χ1n) is 6.42.